The molecule has 0 amide bonds. The number of likely N-dealkylation sites (tertiary alicyclic amines) is 1. The molecular formula is C21H35N3OS. The van der Waals surface area contributed by atoms with Crippen molar-refractivity contribution in [2.75, 3.05) is 32.7 Å². The van der Waals surface area contributed by atoms with Crippen LogP contribution in [0.5, 0.6) is 0 Å². The van der Waals surface area contributed by atoms with Crippen LogP contribution in [0, 0.1) is 12.8 Å². The minimum absolute atomic E-state index is 0.393. The Labute approximate surface area is 162 Å². The van der Waals surface area contributed by atoms with Crippen molar-refractivity contribution in [1.82, 2.24) is 14.8 Å². The van der Waals surface area contributed by atoms with Crippen molar-refractivity contribution in [2.24, 2.45) is 5.92 Å². The third-order valence-corrected chi connectivity index (χ3v) is 7.58. The molecule has 4 nitrogen and oxygen atoms in total. The Kier molecular flexibility index (Phi) is 5.99. The van der Waals surface area contributed by atoms with Crippen molar-refractivity contribution in [3.8, 4) is 0 Å². The maximum atomic E-state index is 5.87. The first-order valence-corrected chi connectivity index (χ1v) is 11.5. The lowest BCUT2D eigenvalue weighted by Gasteiger charge is -2.40. The first-order valence-electron chi connectivity index (χ1n) is 10.7. The van der Waals surface area contributed by atoms with Crippen LogP contribution in [0.4, 0.5) is 0 Å². The van der Waals surface area contributed by atoms with E-state index < -0.39 is 0 Å². The maximum absolute atomic E-state index is 5.87. The molecule has 146 valence electrons. The summed E-state index contributed by atoms with van der Waals surface area (Å²) in [6.45, 7) is 12.6. The van der Waals surface area contributed by atoms with Gasteiger partial charge in [0.15, 0.2) is 0 Å². The average molecular weight is 378 g/mol. The van der Waals surface area contributed by atoms with Gasteiger partial charge in [0.1, 0.15) is 0 Å². The fraction of sp³-hybridized carbons (Fsp3) is 0.857. The zero-order valence-corrected chi connectivity index (χ0v) is 17.6. The van der Waals surface area contributed by atoms with Crippen LogP contribution in [0.1, 0.15) is 67.6 Å². The van der Waals surface area contributed by atoms with Crippen molar-refractivity contribution in [2.45, 2.75) is 77.5 Å². The zero-order chi connectivity index (χ0) is 18.1. The van der Waals surface area contributed by atoms with Crippen molar-refractivity contribution in [1.29, 1.82) is 0 Å². The SMILES string of the molecule is Cc1nc2c(s1)[C@H](N1CCC(CCN3C[C@@H](C)O[C@@H](C)C3)CC1)CCC2. The van der Waals surface area contributed by atoms with Gasteiger partial charge in [0, 0.05) is 24.0 Å². The van der Waals surface area contributed by atoms with E-state index in [1.54, 1.807) is 4.88 Å². The average Bonchev–Trinajstić information content (AvgIpc) is 3.00. The Bertz CT molecular complexity index is 586. The second kappa shape index (κ2) is 8.26. The maximum Gasteiger partial charge on any atom is 0.0900 e. The fourth-order valence-electron chi connectivity index (χ4n) is 5.25. The second-order valence-electron chi connectivity index (χ2n) is 8.74. The van der Waals surface area contributed by atoms with Gasteiger partial charge in [-0.1, -0.05) is 0 Å². The van der Waals surface area contributed by atoms with E-state index in [2.05, 4.69) is 30.6 Å². The number of ether oxygens (including phenoxy) is 1. The molecule has 1 aliphatic carbocycles. The summed E-state index contributed by atoms with van der Waals surface area (Å²) < 4.78 is 5.87. The van der Waals surface area contributed by atoms with Crippen LogP contribution >= 0.6 is 11.3 Å². The van der Waals surface area contributed by atoms with Crippen molar-refractivity contribution < 1.29 is 4.74 Å². The van der Waals surface area contributed by atoms with Gasteiger partial charge in [0.2, 0.25) is 0 Å². The van der Waals surface area contributed by atoms with Gasteiger partial charge in [-0.25, -0.2) is 4.98 Å². The van der Waals surface area contributed by atoms with E-state index in [1.165, 1.54) is 68.9 Å². The van der Waals surface area contributed by atoms with E-state index in [0.29, 0.717) is 18.2 Å². The van der Waals surface area contributed by atoms with E-state index in [0.717, 1.165) is 19.0 Å². The number of hydrogen-bond acceptors (Lipinski definition) is 5. The van der Waals surface area contributed by atoms with Crippen LogP contribution in [-0.2, 0) is 11.2 Å². The summed E-state index contributed by atoms with van der Waals surface area (Å²) in [6, 6.07) is 0.659. The first-order chi connectivity index (χ1) is 12.6. The Balaban J connectivity index is 1.26. The summed E-state index contributed by atoms with van der Waals surface area (Å²) in [7, 11) is 0. The zero-order valence-electron chi connectivity index (χ0n) is 16.7. The van der Waals surface area contributed by atoms with E-state index in [1.807, 2.05) is 11.3 Å². The Morgan fingerprint density at radius 2 is 1.85 bits per heavy atom. The van der Waals surface area contributed by atoms with Gasteiger partial charge in [0.25, 0.3) is 0 Å². The molecule has 0 aromatic carbocycles. The van der Waals surface area contributed by atoms with E-state index in [-0.39, 0.29) is 0 Å². The van der Waals surface area contributed by atoms with Crippen molar-refractivity contribution >= 4 is 11.3 Å². The summed E-state index contributed by atoms with van der Waals surface area (Å²) in [6.07, 6.45) is 8.74. The number of piperidine rings is 1. The summed E-state index contributed by atoms with van der Waals surface area (Å²) in [5.41, 5.74) is 1.40. The number of aryl methyl sites for hydroxylation is 2. The number of aromatic nitrogens is 1. The van der Waals surface area contributed by atoms with Gasteiger partial charge in [-0.3, -0.25) is 9.80 Å². The lowest BCUT2D eigenvalue weighted by atomic mass is 9.89. The highest BCUT2D eigenvalue weighted by Gasteiger charge is 2.31. The highest BCUT2D eigenvalue weighted by Crippen LogP contribution is 2.39. The molecule has 2 saturated heterocycles. The number of morpholine rings is 1. The molecule has 0 N–H and O–H groups in total. The van der Waals surface area contributed by atoms with Crippen molar-refractivity contribution in [3.63, 3.8) is 0 Å². The molecule has 1 aromatic rings. The fourth-order valence-corrected chi connectivity index (χ4v) is 6.40. The second-order valence-corrected chi connectivity index (χ2v) is 9.97. The minimum Gasteiger partial charge on any atom is -0.373 e. The molecule has 3 aliphatic rings. The molecule has 3 heterocycles. The van der Waals surface area contributed by atoms with Gasteiger partial charge in [-0.05, 0) is 84.8 Å². The molecule has 2 aliphatic heterocycles. The molecule has 5 heteroatoms. The normalized spacial score (nSPS) is 31.9. The molecular weight excluding hydrogens is 342 g/mol. The summed E-state index contributed by atoms with van der Waals surface area (Å²) in [4.78, 5) is 11.8. The van der Waals surface area contributed by atoms with Crippen LogP contribution in [0.2, 0.25) is 0 Å². The summed E-state index contributed by atoms with van der Waals surface area (Å²) in [5.74, 6) is 0.908. The third kappa shape index (κ3) is 4.32. The molecule has 2 fully saturated rings. The highest BCUT2D eigenvalue weighted by molar-refractivity contribution is 7.11. The lowest BCUT2D eigenvalue weighted by molar-refractivity contribution is -0.0694. The van der Waals surface area contributed by atoms with Crippen LogP contribution in [-0.4, -0.2) is 59.7 Å². The van der Waals surface area contributed by atoms with Gasteiger partial charge in [-0.2, -0.15) is 0 Å². The molecule has 3 atom stereocenters. The smallest absolute Gasteiger partial charge is 0.0900 e. The number of fused-ring (bicyclic) bond motifs is 1. The van der Waals surface area contributed by atoms with E-state index in [4.69, 9.17) is 9.72 Å². The Morgan fingerprint density at radius 1 is 1.12 bits per heavy atom. The molecule has 26 heavy (non-hydrogen) atoms. The molecule has 0 saturated carbocycles. The first kappa shape index (κ1) is 18.9. The largest absolute Gasteiger partial charge is 0.373 e. The topological polar surface area (TPSA) is 28.6 Å². The third-order valence-electron chi connectivity index (χ3n) is 6.47. The molecule has 0 unspecified atom stereocenters. The van der Waals surface area contributed by atoms with Crippen LogP contribution in [0.15, 0.2) is 0 Å². The molecule has 4 rings (SSSR count). The standard InChI is InChI=1S/C21H35N3OS/c1-15-13-23(14-16(2)25-15)10-7-18-8-11-24(12-9-18)20-6-4-5-19-21(20)26-17(3)22-19/h15-16,18,20H,4-14H2,1-3H3/t15-,16+,20-/m1/s1. The monoisotopic (exact) mass is 377 g/mol. The van der Waals surface area contributed by atoms with Crippen LogP contribution in [0.3, 0.4) is 0 Å². The number of nitrogens with zero attached hydrogens (tertiary/aromatic N) is 3. The van der Waals surface area contributed by atoms with Crippen molar-refractivity contribution in [3.05, 3.63) is 15.6 Å². The van der Waals surface area contributed by atoms with E-state index >= 15 is 0 Å². The number of hydrogen-bond donors (Lipinski definition) is 0. The molecule has 1 aromatic heterocycles. The predicted octanol–water partition coefficient (Wildman–Crippen LogP) is 4.04. The molecule has 0 bridgehead atoms. The Morgan fingerprint density at radius 3 is 2.58 bits per heavy atom. The number of thiazole rings is 1. The van der Waals surface area contributed by atoms with Gasteiger partial charge < -0.3 is 4.74 Å². The minimum atomic E-state index is 0.393. The summed E-state index contributed by atoms with van der Waals surface area (Å²) >= 11 is 1.95. The molecule has 0 radical (unpaired) electrons. The highest BCUT2D eigenvalue weighted by atomic mass is 32.1. The van der Waals surface area contributed by atoms with Gasteiger partial charge in [-0.15, -0.1) is 11.3 Å². The lowest BCUT2D eigenvalue weighted by Crippen LogP contribution is -2.46. The Hall–Kier alpha value is -0.490. The predicted molar refractivity (Wildman–Crippen MR) is 108 cm³/mol. The summed E-state index contributed by atoms with van der Waals surface area (Å²) in [5, 5.41) is 1.26. The van der Waals surface area contributed by atoms with Crippen LogP contribution in [0.25, 0.3) is 0 Å². The van der Waals surface area contributed by atoms with E-state index in [9.17, 15) is 0 Å². The van der Waals surface area contributed by atoms with Crippen LogP contribution < -0.4 is 0 Å². The quantitative estimate of drug-likeness (QED) is 0.792. The van der Waals surface area contributed by atoms with Gasteiger partial charge >= 0.3 is 0 Å². The molecule has 0 spiro atoms. The number of rotatable bonds is 4. The van der Waals surface area contributed by atoms with Gasteiger partial charge in [0.05, 0.1) is 22.9 Å².